The van der Waals surface area contributed by atoms with Crippen molar-refractivity contribution in [3.8, 4) is 42.0 Å². The number of thiophene rings is 3. The maximum atomic E-state index is 12.9. The van der Waals surface area contributed by atoms with E-state index in [0.29, 0.717) is 22.5 Å². The summed E-state index contributed by atoms with van der Waals surface area (Å²) >= 11 is 12.2. The predicted octanol–water partition coefficient (Wildman–Crippen LogP) is 12.3. The van der Waals surface area contributed by atoms with Crippen LogP contribution in [-0.4, -0.2) is 33.1 Å². The lowest BCUT2D eigenvalue weighted by Gasteiger charge is -2.21. The molecular weight excluding hydrogens is 804 g/mol. The number of halogens is 2. The Morgan fingerprint density at radius 3 is 1.29 bits per heavy atom. The average molecular weight is 835 g/mol. The fraction of sp³-hybridized carbons (Fsp3) is 0.158. The van der Waals surface area contributed by atoms with Gasteiger partial charge in [0.1, 0.15) is 22.2 Å². The standard InChI is InChI=1S/C38H30Br2N2O4S3/c1-7-37(3,4)45-35(43)23-13-9-21(10-14-23)29-30(22-11-15-24(16-12-22)36(44)46-38(5,6)8-2)42-32-31(41-29)33(25-17-19-27(39)47-25)49-34(32)26-18-20-28(40)48-26/h7-20H,1-2H2,3-6H3. The van der Waals surface area contributed by atoms with Crippen LogP contribution in [0.2, 0.25) is 0 Å². The van der Waals surface area contributed by atoms with Crippen LogP contribution in [0.25, 0.3) is 53.1 Å². The third kappa shape index (κ3) is 7.56. The summed E-state index contributed by atoms with van der Waals surface area (Å²) in [5.74, 6) is -0.897. The molecule has 0 aliphatic heterocycles. The monoisotopic (exact) mass is 832 g/mol. The summed E-state index contributed by atoms with van der Waals surface area (Å²) in [7, 11) is 0. The van der Waals surface area contributed by atoms with Crippen molar-refractivity contribution in [2.45, 2.75) is 38.9 Å². The van der Waals surface area contributed by atoms with Crippen LogP contribution < -0.4 is 0 Å². The summed E-state index contributed by atoms with van der Waals surface area (Å²) in [6.07, 6.45) is 3.19. The first-order valence-corrected chi connectivity index (χ1v) is 19.1. The molecule has 49 heavy (non-hydrogen) atoms. The van der Waals surface area contributed by atoms with Gasteiger partial charge in [0, 0.05) is 20.9 Å². The molecule has 0 aliphatic carbocycles. The van der Waals surface area contributed by atoms with Crippen LogP contribution in [0.4, 0.5) is 0 Å². The summed E-state index contributed by atoms with van der Waals surface area (Å²) in [5, 5.41) is 0. The number of benzene rings is 2. The summed E-state index contributed by atoms with van der Waals surface area (Å²) in [4.78, 5) is 40.7. The molecule has 0 aliphatic rings. The number of hydrogen-bond donors (Lipinski definition) is 0. The maximum absolute atomic E-state index is 12.9. The second kappa shape index (κ2) is 13.9. The Labute approximate surface area is 313 Å². The molecule has 0 saturated heterocycles. The first-order chi connectivity index (χ1) is 23.3. The van der Waals surface area contributed by atoms with Crippen LogP contribution >= 0.6 is 65.9 Å². The van der Waals surface area contributed by atoms with Gasteiger partial charge in [-0.05, 0) is 120 Å². The highest BCUT2D eigenvalue weighted by Crippen LogP contribution is 2.48. The highest BCUT2D eigenvalue weighted by Gasteiger charge is 2.25. The van der Waals surface area contributed by atoms with Gasteiger partial charge in [0.15, 0.2) is 0 Å². The molecule has 0 radical (unpaired) electrons. The van der Waals surface area contributed by atoms with Crippen molar-refractivity contribution >= 4 is 88.8 Å². The Bertz CT molecular complexity index is 2070. The summed E-state index contributed by atoms with van der Waals surface area (Å²) in [5.41, 5.74) is 3.57. The molecule has 0 spiro atoms. The molecule has 4 heterocycles. The Morgan fingerprint density at radius 1 is 0.612 bits per heavy atom. The van der Waals surface area contributed by atoms with Crippen LogP contribution in [0.15, 0.2) is 106 Å². The number of fused-ring (bicyclic) bond motifs is 1. The topological polar surface area (TPSA) is 78.4 Å². The van der Waals surface area contributed by atoms with Gasteiger partial charge < -0.3 is 9.47 Å². The number of nitrogens with zero attached hydrogens (tertiary/aromatic N) is 2. The summed E-state index contributed by atoms with van der Waals surface area (Å²) in [6.45, 7) is 14.6. The van der Waals surface area contributed by atoms with Crippen LogP contribution in [0.3, 0.4) is 0 Å². The highest BCUT2D eigenvalue weighted by molar-refractivity contribution is 9.11. The third-order valence-corrected chi connectivity index (χ3v) is 12.4. The van der Waals surface area contributed by atoms with Gasteiger partial charge in [0.2, 0.25) is 0 Å². The summed E-state index contributed by atoms with van der Waals surface area (Å²) in [6, 6.07) is 22.6. The SMILES string of the molecule is C=CC(C)(C)OC(=O)c1ccc(-c2nc3c(-c4ccc(Br)s4)sc(-c4ccc(Br)s4)c3nc2-c2ccc(C(=O)OC(C)(C)C=C)cc2)cc1. The Kier molecular flexibility index (Phi) is 9.94. The molecule has 248 valence electrons. The number of hydrogen-bond acceptors (Lipinski definition) is 9. The first kappa shape index (κ1) is 35.1. The lowest BCUT2D eigenvalue weighted by atomic mass is 10.0. The number of esters is 2. The molecule has 0 unspecified atom stereocenters. The van der Waals surface area contributed by atoms with E-state index in [1.165, 1.54) is 0 Å². The van der Waals surface area contributed by atoms with Crippen LogP contribution in [-0.2, 0) is 9.47 Å². The van der Waals surface area contributed by atoms with Gasteiger partial charge in [-0.2, -0.15) is 0 Å². The largest absolute Gasteiger partial charge is 0.452 e. The zero-order valence-corrected chi connectivity index (χ0v) is 32.6. The fourth-order valence-electron chi connectivity index (χ4n) is 4.77. The Morgan fingerprint density at radius 2 is 0.980 bits per heavy atom. The smallest absolute Gasteiger partial charge is 0.338 e. The Hall–Kier alpha value is -3.74. The molecule has 11 heteroatoms. The summed E-state index contributed by atoms with van der Waals surface area (Å²) < 4.78 is 13.3. The van der Waals surface area contributed by atoms with E-state index in [4.69, 9.17) is 19.4 Å². The number of ether oxygens (including phenoxy) is 2. The zero-order valence-electron chi connectivity index (χ0n) is 27.0. The van der Waals surface area contributed by atoms with E-state index in [0.717, 1.165) is 49.2 Å². The van der Waals surface area contributed by atoms with Gasteiger partial charge in [0.05, 0.1) is 39.8 Å². The number of carbonyl (C=O) groups excluding carboxylic acids is 2. The predicted molar refractivity (Wildman–Crippen MR) is 210 cm³/mol. The van der Waals surface area contributed by atoms with Crippen molar-refractivity contribution in [2.75, 3.05) is 0 Å². The molecule has 0 N–H and O–H groups in total. The second-order valence-corrected chi connectivity index (χ2v) is 18.1. The Balaban J connectivity index is 1.53. The average Bonchev–Trinajstić information content (AvgIpc) is 3.81. The van der Waals surface area contributed by atoms with Crippen LogP contribution in [0.5, 0.6) is 0 Å². The van der Waals surface area contributed by atoms with E-state index in [1.54, 1.807) is 98.1 Å². The molecule has 4 aromatic heterocycles. The van der Waals surface area contributed by atoms with Crippen molar-refractivity contribution in [1.29, 1.82) is 0 Å². The van der Waals surface area contributed by atoms with E-state index in [1.807, 2.05) is 36.4 Å². The van der Waals surface area contributed by atoms with Gasteiger partial charge in [0.25, 0.3) is 0 Å². The van der Waals surface area contributed by atoms with Crippen molar-refractivity contribution in [3.63, 3.8) is 0 Å². The van der Waals surface area contributed by atoms with E-state index in [9.17, 15) is 9.59 Å². The lowest BCUT2D eigenvalue weighted by Crippen LogP contribution is -2.25. The molecule has 0 bridgehead atoms. The minimum absolute atomic E-state index is 0.407. The quantitative estimate of drug-likeness (QED) is 0.101. The molecule has 6 rings (SSSR count). The number of rotatable bonds is 10. The molecule has 0 atom stereocenters. The van der Waals surface area contributed by atoms with Crippen molar-refractivity contribution in [1.82, 2.24) is 9.97 Å². The first-order valence-electron chi connectivity index (χ1n) is 15.1. The van der Waals surface area contributed by atoms with Crippen molar-refractivity contribution in [2.24, 2.45) is 0 Å². The highest BCUT2D eigenvalue weighted by atomic mass is 79.9. The lowest BCUT2D eigenvalue weighted by molar-refractivity contribution is 0.0163. The normalized spacial score (nSPS) is 11.8. The van der Waals surface area contributed by atoms with Gasteiger partial charge in [-0.1, -0.05) is 37.4 Å². The van der Waals surface area contributed by atoms with E-state index in [-0.39, 0.29) is 0 Å². The number of carbonyl (C=O) groups is 2. The van der Waals surface area contributed by atoms with Gasteiger partial charge >= 0.3 is 11.9 Å². The minimum atomic E-state index is -0.804. The molecule has 0 amide bonds. The molecule has 6 nitrogen and oxygen atoms in total. The number of aromatic nitrogens is 2. The van der Waals surface area contributed by atoms with Crippen LogP contribution in [0.1, 0.15) is 48.4 Å². The molecule has 6 aromatic rings. The minimum Gasteiger partial charge on any atom is -0.452 e. The van der Waals surface area contributed by atoms with Gasteiger partial charge in [-0.25, -0.2) is 19.6 Å². The van der Waals surface area contributed by atoms with Crippen LogP contribution in [0, 0.1) is 0 Å². The fourth-order valence-corrected chi connectivity index (χ4v) is 8.94. The second-order valence-electron chi connectivity index (χ2n) is 12.1. The molecular formula is C38H30Br2N2O4S3. The third-order valence-electron chi connectivity index (χ3n) is 7.61. The molecule has 2 aromatic carbocycles. The van der Waals surface area contributed by atoms with Crippen molar-refractivity contribution in [3.05, 3.63) is 117 Å². The zero-order chi connectivity index (χ0) is 35.1. The maximum Gasteiger partial charge on any atom is 0.338 e. The van der Waals surface area contributed by atoms with E-state index < -0.39 is 23.1 Å². The van der Waals surface area contributed by atoms with Gasteiger partial charge in [-0.3, -0.25) is 0 Å². The van der Waals surface area contributed by atoms with Crippen molar-refractivity contribution < 1.29 is 19.1 Å². The van der Waals surface area contributed by atoms with Gasteiger partial charge in [-0.15, -0.1) is 34.0 Å². The van der Waals surface area contributed by atoms with E-state index in [2.05, 4.69) is 57.2 Å². The van der Waals surface area contributed by atoms with E-state index >= 15 is 0 Å². The molecule has 0 saturated carbocycles. The molecule has 0 fully saturated rings.